The van der Waals surface area contributed by atoms with Gasteiger partial charge >= 0.3 is 0 Å². The Morgan fingerprint density at radius 2 is 1.82 bits per heavy atom. The van der Waals surface area contributed by atoms with Gasteiger partial charge in [0.2, 0.25) is 0 Å². The quantitative estimate of drug-likeness (QED) is 0.520. The first-order valence-electron chi connectivity index (χ1n) is 6.47. The summed E-state index contributed by atoms with van der Waals surface area (Å²) in [6, 6.07) is 15.3. The maximum absolute atomic E-state index is 12.8. The summed E-state index contributed by atoms with van der Waals surface area (Å²) in [7, 11) is 0. The third kappa shape index (κ3) is 4.40. The minimum absolute atomic E-state index is 0.0686. The molecule has 3 nitrogen and oxygen atoms in total. The van der Waals surface area contributed by atoms with Crippen LogP contribution < -0.4 is 10.5 Å². The number of hydrogen-bond acceptors (Lipinski definition) is 3. The molecule has 0 unspecified atom stereocenters. The topological polar surface area (TPSA) is 59.0 Å². The molecule has 0 atom stereocenters. The minimum Gasteiger partial charge on any atom is -0.489 e. The van der Waals surface area contributed by atoms with Crippen LogP contribution in [0.4, 0.5) is 4.39 Å². The molecule has 22 heavy (non-hydrogen) atoms. The molecule has 2 aromatic carbocycles. The summed E-state index contributed by atoms with van der Waals surface area (Å²) in [6.07, 6.45) is 1.62. The summed E-state index contributed by atoms with van der Waals surface area (Å²) in [4.78, 5) is 0.0686. The number of nitrogens with two attached hydrogens (primary N) is 1. The highest BCUT2D eigenvalue weighted by molar-refractivity contribution is 7.80. The van der Waals surface area contributed by atoms with Crippen LogP contribution in [-0.2, 0) is 6.61 Å². The number of rotatable bonds is 5. The van der Waals surface area contributed by atoms with Gasteiger partial charge in [-0.3, -0.25) is 0 Å². The highest BCUT2D eigenvalue weighted by atomic mass is 32.1. The van der Waals surface area contributed by atoms with E-state index < -0.39 is 0 Å². The van der Waals surface area contributed by atoms with Gasteiger partial charge in [-0.1, -0.05) is 36.5 Å². The molecule has 0 aliphatic heterocycles. The molecule has 0 amide bonds. The first kappa shape index (κ1) is 15.7. The molecule has 110 valence electrons. The fourth-order valence-electron chi connectivity index (χ4n) is 1.73. The number of halogens is 1. The molecule has 2 rings (SSSR count). The highest BCUT2D eigenvalue weighted by Gasteiger charge is 2.01. The summed E-state index contributed by atoms with van der Waals surface area (Å²) in [5.74, 6) is 0.404. The van der Waals surface area contributed by atoms with Crippen molar-refractivity contribution in [1.29, 1.82) is 5.26 Å². The van der Waals surface area contributed by atoms with Crippen LogP contribution in [0.5, 0.6) is 5.75 Å². The summed E-state index contributed by atoms with van der Waals surface area (Å²) in [5.41, 5.74) is 7.38. The average Bonchev–Trinajstić information content (AvgIpc) is 2.53. The van der Waals surface area contributed by atoms with Crippen molar-refractivity contribution < 1.29 is 9.13 Å². The van der Waals surface area contributed by atoms with E-state index in [4.69, 9.17) is 28.0 Å². The summed E-state index contributed by atoms with van der Waals surface area (Å²) < 4.78 is 18.4. The molecule has 0 aliphatic rings. The molecular formula is C17H13FN2OS. The van der Waals surface area contributed by atoms with Crippen LogP contribution >= 0.6 is 12.2 Å². The van der Waals surface area contributed by atoms with Gasteiger partial charge in [-0.2, -0.15) is 5.26 Å². The second-order valence-corrected chi connectivity index (χ2v) is 4.96. The SMILES string of the molecule is N#C/C(=C/c1ccc(OCc2ccc(F)cc2)cc1)C(N)=S. The van der Waals surface area contributed by atoms with Crippen molar-refractivity contribution in [2.75, 3.05) is 0 Å². The second-order valence-electron chi connectivity index (χ2n) is 4.52. The molecule has 0 saturated carbocycles. The highest BCUT2D eigenvalue weighted by Crippen LogP contribution is 2.16. The molecule has 0 bridgehead atoms. The second kappa shape index (κ2) is 7.34. The average molecular weight is 312 g/mol. The third-order valence-corrected chi connectivity index (χ3v) is 3.12. The van der Waals surface area contributed by atoms with Crippen LogP contribution in [0.15, 0.2) is 54.1 Å². The Labute approximate surface area is 133 Å². The molecule has 0 fully saturated rings. The van der Waals surface area contributed by atoms with Gasteiger partial charge in [-0.05, 0) is 41.5 Å². The summed E-state index contributed by atoms with van der Waals surface area (Å²) in [6.45, 7) is 0.353. The third-order valence-electron chi connectivity index (χ3n) is 2.90. The summed E-state index contributed by atoms with van der Waals surface area (Å²) in [5, 5.41) is 8.90. The lowest BCUT2D eigenvalue weighted by atomic mass is 10.1. The fraction of sp³-hybridized carbons (Fsp3) is 0.0588. The van der Waals surface area contributed by atoms with E-state index in [1.807, 2.05) is 6.07 Å². The molecule has 0 heterocycles. The maximum atomic E-state index is 12.8. The van der Waals surface area contributed by atoms with Gasteiger partial charge in [-0.15, -0.1) is 0 Å². The number of nitriles is 1. The molecule has 0 aliphatic carbocycles. The Balaban J connectivity index is 2.02. The Morgan fingerprint density at radius 1 is 1.18 bits per heavy atom. The van der Waals surface area contributed by atoms with Crippen LogP contribution in [0.2, 0.25) is 0 Å². The van der Waals surface area contributed by atoms with Crippen molar-refractivity contribution in [2.24, 2.45) is 5.73 Å². The van der Waals surface area contributed by atoms with Gasteiger partial charge in [0.15, 0.2) is 0 Å². The number of nitrogens with zero attached hydrogens (tertiary/aromatic N) is 1. The Kier molecular flexibility index (Phi) is 5.23. The Hall–Kier alpha value is -2.71. The monoisotopic (exact) mass is 312 g/mol. The van der Waals surface area contributed by atoms with E-state index in [0.717, 1.165) is 11.1 Å². The van der Waals surface area contributed by atoms with Gasteiger partial charge in [0, 0.05) is 0 Å². The van der Waals surface area contributed by atoms with Crippen molar-refractivity contribution in [3.05, 3.63) is 71.0 Å². The molecule has 0 spiro atoms. The molecule has 2 aromatic rings. The van der Waals surface area contributed by atoms with Crippen LogP contribution in [0.25, 0.3) is 6.08 Å². The predicted octanol–water partition coefficient (Wildman–Crippen LogP) is 3.60. The van der Waals surface area contributed by atoms with Gasteiger partial charge < -0.3 is 10.5 Å². The van der Waals surface area contributed by atoms with Crippen LogP contribution in [0.1, 0.15) is 11.1 Å². The summed E-state index contributed by atoms with van der Waals surface area (Å²) >= 11 is 4.78. The maximum Gasteiger partial charge on any atom is 0.123 e. The van der Waals surface area contributed by atoms with Crippen LogP contribution in [-0.4, -0.2) is 4.99 Å². The van der Waals surface area contributed by atoms with Crippen molar-refractivity contribution in [2.45, 2.75) is 6.61 Å². The lowest BCUT2D eigenvalue weighted by Crippen LogP contribution is -2.09. The number of thiocarbonyl (C=S) groups is 1. The molecule has 0 aromatic heterocycles. The Bertz CT molecular complexity index is 731. The zero-order valence-corrected chi connectivity index (χ0v) is 12.4. The van der Waals surface area contributed by atoms with Crippen molar-refractivity contribution >= 4 is 23.3 Å². The lowest BCUT2D eigenvalue weighted by Gasteiger charge is -2.06. The molecular weight excluding hydrogens is 299 g/mol. The van der Waals surface area contributed by atoms with Crippen molar-refractivity contribution in [3.63, 3.8) is 0 Å². The standard InChI is InChI=1S/C17H13FN2OS/c18-15-5-1-13(2-6-15)11-21-16-7-3-12(4-8-16)9-14(10-19)17(20)22/h1-9H,11H2,(H2,20,22)/b14-9-. The fourth-order valence-corrected chi connectivity index (χ4v) is 1.84. The minimum atomic E-state index is -0.272. The van der Waals surface area contributed by atoms with E-state index in [-0.39, 0.29) is 16.4 Å². The van der Waals surface area contributed by atoms with E-state index in [0.29, 0.717) is 12.4 Å². The normalized spacial score (nSPS) is 10.8. The van der Waals surface area contributed by atoms with Crippen LogP contribution in [0.3, 0.4) is 0 Å². The number of hydrogen-bond donors (Lipinski definition) is 1. The predicted molar refractivity (Wildman–Crippen MR) is 87.5 cm³/mol. The molecule has 0 saturated heterocycles. The zero-order valence-electron chi connectivity index (χ0n) is 11.6. The largest absolute Gasteiger partial charge is 0.489 e. The van der Waals surface area contributed by atoms with Crippen molar-refractivity contribution in [1.82, 2.24) is 0 Å². The first-order chi connectivity index (χ1) is 10.6. The molecule has 0 radical (unpaired) electrons. The van der Waals surface area contributed by atoms with Crippen molar-refractivity contribution in [3.8, 4) is 11.8 Å². The number of benzene rings is 2. The van der Waals surface area contributed by atoms with E-state index in [2.05, 4.69) is 0 Å². The zero-order chi connectivity index (χ0) is 15.9. The van der Waals surface area contributed by atoms with Gasteiger partial charge in [0.25, 0.3) is 0 Å². The van der Waals surface area contributed by atoms with E-state index in [1.165, 1.54) is 12.1 Å². The number of ether oxygens (including phenoxy) is 1. The Morgan fingerprint density at radius 3 is 2.36 bits per heavy atom. The van der Waals surface area contributed by atoms with Gasteiger partial charge in [0.1, 0.15) is 29.2 Å². The van der Waals surface area contributed by atoms with E-state index in [9.17, 15) is 4.39 Å². The van der Waals surface area contributed by atoms with E-state index in [1.54, 1.807) is 42.5 Å². The van der Waals surface area contributed by atoms with Crippen LogP contribution in [0, 0.1) is 17.1 Å². The van der Waals surface area contributed by atoms with Gasteiger partial charge in [-0.25, -0.2) is 4.39 Å². The molecule has 2 N–H and O–H groups in total. The smallest absolute Gasteiger partial charge is 0.123 e. The van der Waals surface area contributed by atoms with E-state index >= 15 is 0 Å². The molecule has 5 heteroatoms. The van der Waals surface area contributed by atoms with Gasteiger partial charge in [0.05, 0.1) is 5.57 Å². The lowest BCUT2D eigenvalue weighted by molar-refractivity contribution is 0.306. The first-order valence-corrected chi connectivity index (χ1v) is 6.88.